The van der Waals surface area contributed by atoms with Crippen LogP contribution in [0.4, 0.5) is 0 Å². The summed E-state index contributed by atoms with van der Waals surface area (Å²) in [6.07, 6.45) is 1.48. The van der Waals surface area contributed by atoms with E-state index in [0.29, 0.717) is 0 Å². The van der Waals surface area contributed by atoms with Crippen molar-refractivity contribution in [3.63, 3.8) is 0 Å². The number of ether oxygens (including phenoxy) is 3. The molecule has 0 spiro atoms. The van der Waals surface area contributed by atoms with Crippen LogP contribution >= 0.6 is 0 Å². The highest BCUT2D eigenvalue weighted by Crippen LogP contribution is 2.01. The molecule has 0 saturated heterocycles. The Morgan fingerprint density at radius 2 is 1.61 bits per heavy atom. The number of rotatable bonds is 7. The lowest BCUT2D eigenvalue weighted by Gasteiger charge is -2.04. The lowest BCUT2D eigenvalue weighted by Crippen LogP contribution is -2.16. The molecule has 0 atom stereocenters. The Morgan fingerprint density at radius 3 is 2.26 bits per heavy atom. The largest absolute Gasteiger partial charge is 0.466 e. The number of carbonyl (C=O) groups excluding carboxylic acids is 4. The second-order valence-electron chi connectivity index (χ2n) is 4.28. The molecule has 0 fully saturated rings. The van der Waals surface area contributed by atoms with Gasteiger partial charge in [0.05, 0.1) is 20.0 Å². The summed E-state index contributed by atoms with van der Waals surface area (Å²) >= 11 is 0. The van der Waals surface area contributed by atoms with Gasteiger partial charge >= 0.3 is 23.9 Å². The first-order valence-corrected chi connectivity index (χ1v) is 6.71. The van der Waals surface area contributed by atoms with Crippen LogP contribution in [0.15, 0.2) is 42.5 Å². The summed E-state index contributed by atoms with van der Waals surface area (Å²) in [5, 5.41) is 0. The van der Waals surface area contributed by atoms with Gasteiger partial charge in [-0.3, -0.25) is 9.59 Å². The Labute approximate surface area is 132 Å². The van der Waals surface area contributed by atoms with E-state index in [-0.39, 0.29) is 19.4 Å². The van der Waals surface area contributed by atoms with E-state index >= 15 is 0 Å². The summed E-state index contributed by atoms with van der Waals surface area (Å²) in [6.45, 7) is -0.262. The number of methoxy groups -OCH3 is 1. The van der Waals surface area contributed by atoms with E-state index in [0.717, 1.165) is 17.7 Å². The zero-order valence-corrected chi connectivity index (χ0v) is 12.5. The van der Waals surface area contributed by atoms with Crippen molar-refractivity contribution >= 4 is 23.9 Å². The highest BCUT2D eigenvalue weighted by molar-refractivity contribution is 5.91. The van der Waals surface area contributed by atoms with E-state index in [2.05, 4.69) is 14.2 Å². The fourth-order valence-electron chi connectivity index (χ4n) is 1.46. The van der Waals surface area contributed by atoms with E-state index in [1.807, 2.05) is 6.07 Å². The quantitative estimate of drug-likeness (QED) is 0.319. The van der Waals surface area contributed by atoms with E-state index in [1.54, 1.807) is 24.3 Å². The van der Waals surface area contributed by atoms with E-state index in [1.165, 1.54) is 7.11 Å². The Morgan fingerprint density at radius 1 is 0.957 bits per heavy atom. The molecule has 0 aliphatic heterocycles. The van der Waals surface area contributed by atoms with Gasteiger partial charge in [-0.15, -0.1) is 0 Å². The third kappa shape index (κ3) is 8.15. The zero-order chi connectivity index (χ0) is 17.1. The van der Waals surface area contributed by atoms with Crippen LogP contribution in [-0.4, -0.2) is 37.6 Å². The third-order valence-corrected chi connectivity index (χ3v) is 2.53. The molecule has 0 saturated carbocycles. The molecule has 122 valence electrons. The number of esters is 4. The predicted molar refractivity (Wildman–Crippen MR) is 78.0 cm³/mol. The van der Waals surface area contributed by atoms with Crippen molar-refractivity contribution in [3.8, 4) is 0 Å². The minimum atomic E-state index is -0.807. The molecule has 0 aliphatic carbocycles. The van der Waals surface area contributed by atoms with Crippen LogP contribution in [0.2, 0.25) is 0 Å². The van der Waals surface area contributed by atoms with Gasteiger partial charge in [-0.25, -0.2) is 9.59 Å². The second kappa shape index (κ2) is 9.88. The fourth-order valence-corrected chi connectivity index (χ4v) is 1.46. The molecule has 0 amide bonds. The maximum atomic E-state index is 11.5. The average Bonchev–Trinajstić information content (AvgIpc) is 2.53. The smallest absolute Gasteiger partial charge is 0.331 e. The normalized spacial score (nSPS) is 10.1. The molecule has 0 unspecified atom stereocenters. The van der Waals surface area contributed by atoms with Crippen molar-refractivity contribution in [2.24, 2.45) is 0 Å². The Bertz CT molecular complexity index is 590. The topological polar surface area (TPSA) is 96.0 Å². The molecule has 0 bridgehead atoms. The molecule has 1 aromatic carbocycles. The molecular formula is C16H16O7. The van der Waals surface area contributed by atoms with Crippen molar-refractivity contribution in [2.75, 3.05) is 13.7 Å². The fraction of sp³-hybridized carbons (Fsp3) is 0.250. The monoisotopic (exact) mass is 320 g/mol. The van der Waals surface area contributed by atoms with Gasteiger partial charge in [-0.05, 0) is 5.56 Å². The highest BCUT2D eigenvalue weighted by atomic mass is 16.6. The minimum absolute atomic E-state index is 0.0196. The lowest BCUT2D eigenvalue weighted by molar-refractivity contribution is -0.160. The van der Waals surface area contributed by atoms with E-state index in [9.17, 15) is 19.2 Å². The van der Waals surface area contributed by atoms with Gasteiger partial charge in [-0.2, -0.15) is 0 Å². The standard InChI is InChI=1S/C16H16O7/c1-21-13(17)7-8-14(18)22-10-9-15(19)23-16(20)11-12-5-3-2-4-6-12/h2-8H,9-11H2,1H3. The summed E-state index contributed by atoms with van der Waals surface area (Å²) in [6, 6.07) is 8.82. The van der Waals surface area contributed by atoms with Crippen molar-refractivity contribution in [3.05, 3.63) is 48.0 Å². The van der Waals surface area contributed by atoms with Crippen molar-refractivity contribution in [1.29, 1.82) is 0 Å². The van der Waals surface area contributed by atoms with Crippen LogP contribution in [0.3, 0.4) is 0 Å². The van der Waals surface area contributed by atoms with Crippen LogP contribution in [0.5, 0.6) is 0 Å². The van der Waals surface area contributed by atoms with Gasteiger partial charge in [-0.1, -0.05) is 30.3 Å². The summed E-state index contributed by atoms with van der Waals surface area (Å²) in [4.78, 5) is 44.8. The maximum absolute atomic E-state index is 11.5. The van der Waals surface area contributed by atoms with Gasteiger partial charge in [0.2, 0.25) is 0 Å². The van der Waals surface area contributed by atoms with Crippen molar-refractivity contribution in [2.45, 2.75) is 12.8 Å². The highest BCUT2D eigenvalue weighted by Gasteiger charge is 2.12. The van der Waals surface area contributed by atoms with Gasteiger partial charge < -0.3 is 14.2 Å². The Hall–Kier alpha value is -2.96. The first-order chi connectivity index (χ1) is 11.0. The summed E-state index contributed by atoms with van der Waals surface area (Å²) in [5.41, 5.74) is 0.727. The molecule has 1 rings (SSSR count). The molecule has 0 heterocycles. The molecule has 23 heavy (non-hydrogen) atoms. The number of hydrogen-bond donors (Lipinski definition) is 0. The van der Waals surface area contributed by atoms with Crippen LogP contribution in [0.1, 0.15) is 12.0 Å². The van der Waals surface area contributed by atoms with Crippen LogP contribution in [0.25, 0.3) is 0 Å². The molecule has 7 nitrogen and oxygen atoms in total. The van der Waals surface area contributed by atoms with Gasteiger partial charge in [0.15, 0.2) is 0 Å². The predicted octanol–water partition coefficient (Wildman–Crippen LogP) is 0.961. The molecular weight excluding hydrogens is 304 g/mol. The zero-order valence-electron chi connectivity index (χ0n) is 12.5. The maximum Gasteiger partial charge on any atom is 0.331 e. The van der Waals surface area contributed by atoms with Crippen molar-refractivity contribution in [1.82, 2.24) is 0 Å². The summed E-state index contributed by atoms with van der Waals surface area (Å²) in [7, 11) is 1.17. The van der Waals surface area contributed by atoms with Gasteiger partial charge in [0, 0.05) is 12.2 Å². The molecule has 0 N–H and O–H groups in total. The Balaban J connectivity index is 2.24. The van der Waals surface area contributed by atoms with Gasteiger partial charge in [0.1, 0.15) is 6.61 Å². The molecule has 1 aromatic rings. The number of hydrogen-bond acceptors (Lipinski definition) is 7. The lowest BCUT2D eigenvalue weighted by atomic mass is 10.2. The van der Waals surface area contributed by atoms with Gasteiger partial charge in [0.25, 0.3) is 0 Å². The molecule has 0 aromatic heterocycles. The van der Waals surface area contributed by atoms with Crippen LogP contribution in [-0.2, 0) is 39.8 Å². The number of benzene rings is 1. The first-order valence-electron chi connectivity index (χ1n) is 6.71. The summed E-state index contributed by atoms with van der Waals surface area (Å²) < 4.78 is 13.5. The molecule has 7 heteroatoms. The van der Waals surface area contributed by atoms with Crippen LogP contribution in [0, 0.1) is 0 Å². The van der Waals surface area contributed by atoms with E-state index in [4.69, 9.17) is 0 Å². The first kappa shape index (κ1) is 18.1. The van der Waals surface area contributed by atoms with E-state index < -0.39 is 23.9 Å². The number of carbonyl (C=O) groups is 4. The Kier molecular flexibility index (Phi) is 7.77. The molecule has 0 radical (unpaired) electrons. The summed E-state index contributed by atoms with van der Waals surface area (Å²) in [5.74, 6) is -2.99. The SMILES string of the molecule is COC(=O)C=CC(=O)OCCC(=O)OC(=O)Cc1ccccc1. The second-order valence-corrected chi connectivity index (χ2v) is 4.28. The van der Waals surface area contributed by atoms with Crippen molar-refractivity contribution < 1.29 is 33.4 Å². The van der Waals surface area contributed by atoms with Crippen LogP contribution < -0.4 is 0 Å². The molecule has 0 aliphatic rings. The third-order valence-electron chi connectivity index (χ3n) is 2.53. The average molecular weight is 320 g/mol. The minimum Gasteiger partial charge on any atom is -0.466 e.